The minimum Gasteiger partial charge on any atom is -1.00 e. The number of rotatable bonds is 8. The molecular formula is C52H62K2O22. The van der Waals surface area contributed by atoms with Crippen molar-refractivity contribution in [1.82, 2.24) is 0 Å². The molecule has 6 saturated heterocycles. The summed E-state index contributed by atoms with van der Waals surface area (Å²) in [6.45, 7) is 3.74. The first-order valence-corrected chi connectivity index (χ1v) is 23.6. The molecule has 0 aliphatic carbocycles. The maximum atomic E-state index is 12.7. The van der Waals surface area contributed by atoms with E-state index in [1.807, 2.05) is 97.1 Å². The molecule has 6 aliphatic rings. The molecule has 0 amide bonds. The summed E-state index contributed by atoms with van der Waals surface area (Å²) in [7, 11) is 1.00. The molecule has 404 valence electrons. The van der Waals surface area contributed by atoms with E-state index in [9.17, 15) is 29.7 Å². The van der Waals surface area contributed by atoms with Gasteiger partial charge in [0.25, 0.3) is 6.47 Å². The molecule has 22 nitrogen and oxygen atoms in total. The Bertz CT molecular complexity index is 2300. The van der Waals surface area contributed by atoms with Gasteiger partial charge in [0, 0.05) is 37.6 Å². The van der Waals surface area contributed by atoms with E-state index in [1.165, 1.54) is 13.8 Å². The summed E-state index contributed by atoms with van der Waals surface area (Å²) in [6.07, 6.45) is -9.63. The number of fused-ring (bicyclic) bond motifs is 3. The van der Waals surface area contributed by atoms with E-state index in [-0.39, 0.29) is 149 Å². The molecule has 0 spiro atoms. The number of esters is 3. The van der Waals surface area contributed by atoms with Crippen LogP contribution in [0.25, 0.3) is 0 Å². The van der Waals surface area contributed by atoms with Gasteiger partial charge in [-0.1, -0.05) is 109 Å². The van der Waals surface area contributed by atoms with Crippen LogP contribution in [0.1, 0.15) is 61.2 Å². The Morgan fingerprint density at radius 2 is 0.868 bits per heavy atom. The molecule has 3 unspecified atom stereocenters. The third-order valence-corrected chi connectivity index (χ3v) is 11.9. The average Bonchev–Trinajstić information content (AvgIpc) is 3.45. The van der Waals surface area contributed by atoms with E-state index in [1.54, 1.807) is 24.3 Å². The Morgan fingerprint density at radius 1 is 0.513 bits per heavy atom. The Morgan fingerprint density at radius 3 is 1.29 bits per heavy atom. The van der Waals surface area contributed by atoms with Crippen molar-refractivity contribution < 1.29 is 211 Å². The molecule has 24 heteroatoms. The van der Waals surface area contributed by atoms with Gasteiger partial charge in [0.2, 0.25) is 0 Å². The van der Waals surface area contributed by atoms with Crippen molar-refractivity contribution >= 4 is 24.4 Å². The van der Waals surface area contributed by atoms with Crippen LogP contribution in [0.5, 0.6) is 0 Å². The van der Waals surface area contributed by atoms with Crippen LogP contribution in [0.2, 0.25) is 0 Å². The van der Waals surface area contributed by atoms with E-state index in [0.717, 1.165) is 23.8 Å². The van der Waals surface area contributed by atoms with E-state index in [0.29, 0.717) is 18.8 Å². The zero-order chi connectivity index (χ0) is 53.0. The van der Waals surface area contributed by atoms with Crippen LogP contribution in [-0.4, -0.2) is 165 Å². The third-order valence-electron chi connectivity index (χ3n) is 11.9. The number of aliphatic hydroxyl groups is 4. The summed E-state index contributed by atoms with van der Waals surface area (Å²) in [5, 5.41) is 45.3. The van der Waals surface area contributed by atoms with E-state index >= 15 is 0 Å². The molecule has 76 heavy (non-hydrogen) atoms. The smallest absolute Gasteiger partial charge is 1.00 e. The van der Waals surface area contributed by atoms with Gasteiger partial charge in [-0.2, -0.15) is 0 Å². The number of carbonyl (C=O) groups is 4. The van der Waals surface area contributed by atoms with Gasteiger partial charge in [0.15, 0.2) is 37.2 Å². The molecule has 10 rings (SSSR count). The zero-order valence-electron chi connectivity index (χ0n) is 43.7. The Labute approximate surface area is 525 Å². The first-order chi connectivity index (χ1) is 35.9. The van der Waals surface area contributed by atoms with Crippen molar-refractivity contribution in [3.63, 3.8) is 0 Å². The summed E-state index contributed by atoms with van der Waals surface area (Å²) in [5.74, 6) is -1.45. The molecule has 4 aromatic carbocycles. The van der Waals surface area contributed by atoms with Crippen LogP contribution in [-0.2, 0) is 76.1 Å². The standard InChI is InChI=1S/C22H22O7.C15H18O6.C13H16O5.CH2O3.CH4O.2K.H/c1-14(23)27-18-13-25-17-12-26-22(16-10-6-3-7-11-16)29-19(17)20(18)28-21(24)15-8-4-2-5-9-15;1-9(16)20-11-7-18-12-8-19-15(21-14(12)13(11)17)10-5-3-2-4-6-10;14-9-6-16-10-7-17-13(18-12(10)11(9)15)8-4-2-1-3-5-8;2-1-4-3;1-2;;;/h2-11,17-20,22H,12-13H2,1H3;2-6,11-15,17H,7-8H2,1H3;1-5,9-15H,6-7H2;1,3H;2H,1H3;;;/q;;;;;2*+1;-1/p-1/t17-,18+,19-,20-,22?;11-,12+,13+,14+,15?;9-,10+,11-,12+,13?;;;;;/m100...../s1. The second kappa shape index (κ2) is 34.6. The quantitative estimate of drug-likeness (QED) is 0.0325. The van der Waals surface area contributed by atoms with Gasteiger partial charge in [-0.3, -0.25) is 14.4 Å². The molecular weight excluding hydrogens is 1050 g/mol. The monoisotopic (exact) mass is 1120 g/mol. The average molecular weight is 1120 g/mol. The topological polar surface area (TPSA) is 292 Å². The maximum Gasteiger partial charge on any atom is 1.00 e. The van der Waals surface area contributed by atoms with Crippen molar-refractivity contribution in [3.8, 4) is 0 Å². The van der Waals surface area contributed by atoms with Crippen LogP contribution < -0.4 is 108 Å². The van der Waals surface area contributed by atoms with E-state index < -0.39 is 97.8 Å². The molecule has 0 radical (unpaired) electrons. The normalized spacial score (nSPS) is 30.8. The predicted octanol–water partition coefficient (Wildman–Crippen LogP) is -4.17. The van der Waals surface area contributed by atoms with Crippen LogP contribution in [0, 0.1) is 0 Å². The minimum atomic E-state index is -0.932. The van der Waals surface area contributed by atoms with Gasteiger partial charge in [-0.25, -0.2) is 4.79 Å². The van der Waals surface area contributed by atoms with E-state index in [4.69, 9.17) is 72.0 Å². The fourth-order valence-electron chi connectivity index (χ4n) is 8.45. The molecule has 0 bridgehead atoms. The van der Waals surface area contributed by atoms with Crippen molar-refractivity contribution in [3.05, 3.63) is 144 Å². The van der Waals surface area contributed by atoms with Gasteiger partial charge in [-0.05, 0) is 12.1 Å². The largest absolute Gasteiger partial charge is 1.00 e. The van der Waals surface area contributed by atoms with Gasteiger partial charge in [0.05, 0.1) is 45.2 Å². The number of hydrogen-bond acceptors (Lipinski definition) is 22. The fourth-order valence-corrected chi connectivity index (χ4v) is 8.45. The molecule has 0 saturated carbocycles. The maximum absolute atomic E-state index is 12.7. The summed E-state index contributed by atoms with van der Waals surface area (Å²) in [5.41, 5.74) is 3.01. The zero-order valence-corrected chi connectivity index (χ0v) is 48.9. The number of hydrogen-bond donors (Lipinski definition) is 4. The second-order valence-corrected chi connectivity index (χ2v) is 16.9. The van der Waals surface area contributed by atoms with Crippen LogP contribution >= 0.6 is 0 Å². The van der Waals surface area contributed by atoms with Crippen molar-refractivity contribution in [1.29, 1.82) is 0 Å². The summed E-state index contributed by atoms with van der Waals surface area (Å²) in [6, 6.07) is 37.1. The second-order valence-electron chi connectivity index (χ2n) is 16.9. The van der Waals surface area contributed by atoms with Gasteiger partial charge < -0.3 is 88.8 Å². The summed E-state index contributed by atoms with van der Waals surface area (Å²) >= 11 is 0. The predicted molar refractivity (Wildman–Crippen MR) is 250 cm³/mol. The van der Waals surface area contributed by atoms with Gasteiger partial charge >= 0.3 is 121 Å². The SMILES string of the molecule is CC(=O)O[C@H]1CO[C@@H]2COC(c3ccccc3)O[C@H]2[C@@H]1O.CC(=O)O[C@H]1CO[C@@H]2COC(c3ccccc3)O[C@H]2[C@@H]1OC(=O)c1ccccc1.CO.O=CO[O-].O[C@@H]1[C@@H]2OC(c3ccccc3)OC[C@H]2OC[C@@H]1O.[H-].[K+].[K+]. The molecule has 6 heterocycles. The number of carbonyl (C=O) groups excluding carboxylic acids is 4. The fraction of sp³-hybridized carbons (Fsp3) is 0.462. The number of aliphatic hydroxyl groups excluding tert-OH is 4. The van der Waals surface area contributed by atoms with Gasteiger partial charge in [0.1, 0.15) is 54.9 Å². The van der Waals surface area contributed by atoms with Crippen LogP contribution in [0.3, 0.4) is 0 Å². The third kappa shape index (κ3) is 19.1. The summed E-state index contributed by atoms with van der Waals surface area (Å²) < 4.78 is 67.6. The minimum absolute atomic E-state index is 0. The van der Waals surface area contributed by atoms with Crippen LogP contribution in [0.4, 0.5) is 0 Å². The first kappa shape index (κ1) is 66.0. The van der Waals surface area contributed by atoms with Crippen molar-refractivity contribution in [2.24, 2.45) is 0 Å². The molecule has 6 fully saturated rings. The molecule has 0 aromatic heterocycles. The van der Waals surface area contributed by atoms with Crippen molar-refractivity contribution in [2.45, 2.75) is 106 Å². The van der Waals surface area contributed by atoms with Crippen molar-refractivity contribution in [2.75, 3.05) is 46.8 Å². The van der Waals surface area contributed by atoms with Crippen LogP contribution in [0.15, 0.2) is 121 Å². The number of benzene rings is 4. The molecule has 4 aromatic rings. The Kier molecular flexibility index (Phi) is 30.0. The first-order valence-electron chi connectivity index (χ1n) is 23.6. The molecule has 15 atom stereocenters. The van der Waals surface area contributed by atoms with E-state index in [2.05, 4.69) is 4.89 Å². The Balaban J connectivity index is 0.000000290. The molecule has 6 aliphatic heterocycles. The summed E-state index contributed by atoms with van der Waals surface area (Å²) in [4.78, 5) is 46.6. The Hall–Kier alpha value is -2.53. The van der Waals surface area contributed by atoms with Gasteiger partial charge in [-0.15, -0.1) is 0 Å². The number of ether oxygens (including phenoxy) is 12. The molecule has 4 N–H and O–H groups in total.